The first-order valence-corrected chi connectivity index (χ1v) is 7.28. The third-order valence-electron chi connectivity index (χ3n) is 3.17. The SMILES string of the molecule is [B]C(=O)OCc1ccc(OC(C)CC(O)CCC)c(C)c1. The third kappa shape index (κ3) is 6.67. The molecule has 1 N–H and O–H groups in total. The summed E-state index contributed by atoms with van der Waals surface area (Å²) in [4.78, 5) is 10.6. The summed E-state index contributed by atoms with van der Waals surface area (Å²) in [5.74, 6) is -0.0134. The maximum atomic E-state index is 10.6. The summed E-state index contributed by atoms with van der Waals surface area (Å²) in [6.07, 6.45) is 1.98. The van der Waals surface area contributed by atoms with Gasteiger partial charge in [0, 0.05) is 6.42 Å². The molecule has 0 bridgehead atoms. The number of rotatable bonds is 8. The smallest absolute Gasteiger partial charge is 0.236 e. The van der Waals surface area contributed by atoms with Gasteiger partial charge in [-0.25, -0.2) is 0 Å². The molecule has 5 heteroatoms. The van der Waals surface area contributed by atoms with E-state index in [1.54, 1.807) is 0 Å². The molecule has 0 aliphatic carbocycles. The van der Waals surface area contributed by atoms with E-state index in [-0.39, 0.29) is 18.8 Å². The fraction of sp³-hybridized carbons (Fsp3) is 0.562. The summed E-state index contributed by atoms with van der Waals surface area (Å²) in [5.41, 5.74) is 1.81. The van der Waals surface area contributed by atoms with Crippen molar-refractivity contribution in [1.29, 1.82) is 0 Å². The van der Waals surface area contributed by atoms with Crippen LogP contribution in [-0.2, 0) is 11.3 Å². The van der Waals surface area contributed by atoms with Crippen molar-refractivity contribution in [2.24, 2.45) is 0 Å². The molecule has 0 amide bonds. The molecule has 0 fully saturated rings. The zero-order valence-corrected chi connectivity index (χ0v) is 13.0. The molecule has 2 unspecified atom stereocenters. The van der Waals surface area contributed by atoms with E-state index in [4.69, 9.17) is 17.3 Å². The monoisotopic (exact) mass is 290 g/mol. The molecular formula is C16H23BO4. The maximum Gasteiger partial charge on any atom is 0.236 e. The van der Waals surface area contributed by atoms with Gasteiger partial charge >= 0.3 is 0 Å². The van der Waals surface area contributed by atoms with E-state index in [2.05, 4.69) is 0 Å². The molecule has 0 saturated carbocycles. The van der Waals surface area contributed by atoms with Gasteiger partial charge < -0.3 is 14.6 Å². The molecule has 0 saturated heterocycles. The topological polar surface area (TPSA) is 55.8 Å². The molecule has 0 aliphatic heterocycles. The van der Waals surface area contributed by atoms with Crippen LogP contribution in [0.4, 0.5) is 4.79 Å². The minimum absolute atomic E-state index is 0.0574. The number of benzene rings is 1. The summed E-state index contributed by atoms with van der Waals surface area (Å²) in [7, 11) is 4.94. The highest BCUT2D eigenvalue weighted by atomic mass is 16.5. The van der Waals surface area contributed by atoms with Crippen molar-refractivity contribution in [3.63, 3.8) is 0 Å². The van der Waals surface area contributed by atoms with Crippen LogP contribution in [0.15, 0.2) is 18.2 Å². The van der Waals surface area contributed by atoms with Gasteiger partial charge in [0.25, 0.3) is 0 Å². The van der Waals surface area contributed by atoms with Gasteiger partial charge in [-0.05, 0) is 43.5 Å². The van der Waals surface area contributed by atoms with Gasteiger partial charge in [0.1, 0.15) is 12.4 Å². The van der Waals surface area contributed by atoms with E-state index in [1.165, 1.54) is 0 Å². The first-order valence-electron chi connectivity index (χ1n) is 7.28. The molecule has 0 aromatic heterocycles. The minimum Gasteiger partial charge on any atom is -0.490 e. The first-order chi connectivity index (χ1) is 9.92. The van der Waals surface area contributed by atoms with Crippen molar-refractivity contribution in [1.82, 2.24) is 0 Å². The molecule has 2 atom stereocenters. The zero-order chi connectivity index (χ0) is 15.8. The van der Waals surface area contributed by atoms with Gasteiger partial charge in [0.2, 0.25) is 13.7 Å². The molecule has 2 radical (unpaired) electrons. The first kappa shape index (κ1) is 17.6. The highest BCUT2D eigenvalue weighted by molar-refractivity contribution is 6.55. The summed E-state index contributed by atoms with van der Waals surface area (Å²) < 4.78 is 10.6. The van der Waals surface area contributed by atoms with Crippen LogP contribution in [0.1, 0.15) is 44.2 Å². The Morgan fingerprint density at radius 2 is 2.14 bits per heavy atom. The summed E-state index contributed by atoms with van der Waals surface area (Å²) in [6, 6.07) is 5.58. The van der Waals surface area contributed by atoms with Crippen LogP contribution in [-0.4, -0.2) is 31.0 Å². The van der Waals surface area contributed by atoms with Crippen molar-refractivity contribution in [2.75, 3.05) is 0 Å². The Kier molecular flexibility index (Phi) is 7.30. The predicted molar refractivity (Wildman–Crippen MR) is 82.7 cm³/mol. The van der Waals surface area contributed by atoms with Crippen molar-refractivity contribution in [3.8, 4) is 5.75 Å². The lowest BCUT2D eigenvalue weighted by atomic mass is 10.1. The maximum absolute atomic E-state index is 10.6. The van der Waals surface area contributed by atoms with E-state index in [9.17, 15) is 9.90 Å². The Hall–Kier alpha value is -1.49. The standard InChI is InChI=1S/C16H23BO4/c1-4-5-14(18)9-12(3)21-15-7-6-13(8-11(15)2)10-20-16(17)19/h6-8,12,14,18H,4-5,9-10H2,1-3H3. The molecule has 1 aromatic carbocycles. The number of carbonyl (C=O) groups is 1. The van der Waals surface area contributed by atoms with Gasteiger partial charge in [0.05, 0.1) is 12.2 Å². The second kappa shape index (κ2) is 8.72. The number of carbonyl (C=O) groups excluding carboxylic acids is 1. The normalized spacial score (nSPS) is 13.5. The number of aryl methyl sites for hydroxylation is 1. The lowest BCUT2D eigenvalue weighted by Crippen LogP contribution is -2.20. The Balaban J connectivity index is 2.57. The summed E-state index contributed by atoms with van der Waals surface area (Å²) in [6.45, 7) is 6.08. The lowest BCUT2D eigenvalue weighted by Gasteiger charge is -2.19. The second-order valence-corrected chi connectivity index (χ2v) is 5.31. The van der Waals surface area contributed by atoms with Crippen LogP contribution in [0.3, 0.4) is 0 Å². The quantitative estimate of drug-likeness (QED) is 0.747. The van der Waals surface area contributed by atoms with Crippen LogP contribution in [0.5, 0.6) is 5.75 Å². The lowest BCUT2D eigenvalue weighted by molar-refractivity contribution is 0.0959. The summed E-state index contributed by atoms with van der Waals surface area (Å²) >= 11 is 0. The largest absolute Gasteiger partial charge is 0.490 e. The number of ether oxygens (including phenoxy) is 2. The van der Waals surface area contributed by atoms with Gasteiger partial charge in [0.15, 0.2) is 0 Å². The fourth-order valence-corrected chi connectivity index (χ4v) is 2.19. The van der Waals surface area contributed by atoms with Gasteiger partial charge in [-0.1, -0.05) is 19.4 Å². The molecule has 0 aliphatic rings. The molecule has 0 spiro atoms. The summed E-state index contributed by atoms with van der Waals surface area (Å²) in [5, 5.41) is 9.79. The average Bonchev–Trinajstić information content (AvgIpc) is 2.39. The van der Waals surface area contributed by atoms with E-state index < -0.39 is 5.87 Å². The third-order valence-corrected chi connectivity index (χ3v) is 3.17. The van der Waals surface area contributed by atoms with Crippen LogP contribution < -0.4 is 4.74 Å². The Morgan fingerprint density at radius 3 is 2.71 bits per heavy atom. The van der Waals surface area contributed by atoms with Crippen LogP contribution in [0.2, 0.25) is 0 Å². The highest BCUT2D eigenvalue weighted by Crippen LogP contribution is 2.22. The van der Waals surface area contributed by atoms with E-state index in [0.29, 0.717) is 6.42 Å². The molecular weight excluding hydrogens is 267 g/mol. The average molecular weight is 290 g/mol. The van der Waals surface area contributed by atoms with Crippen LogP contribution in [0.25, 0.3) is 0 Å². The Morgan fingerprint density at radius 1 is 1.43 bits per heavy atom. The Bertz CT molecular complexity index is 462. The predicted octanol–water partition coefficient (Wildman–Crippen LogP) is 3.12. The molecule has 114 valence electrons. The number of aliphatic hydroxyl groups excluding tert-OH is 1. The Labute approximate surface area is 127 Å². The molecule has 0 heterocycles. The van der Waals surface area contributed by atoms with E-state index in [1.807, 2.05) is 39.0 Å². The molecule has 1 aromatic rings. The van der Waals surface area contributed by atoms with E-state index in [0.717, 1.165) is 29.7 Å². The van der Waals surface area contributed by atoms with Gasteiger partial charge in [-0.15, -0.1) is 0 Å². The van der Waals surface area contributed by atoms with E-state index >= 15 is 0 Å². The minimum atomic E-state index is -0.786. The zero-order valence-electron chi connectivity index (χ0n) is 13.0. The van der Waals surface area contributed by atoms with Crippen molar-refractivity contribution in [3.05, 3.63) is 29.3 Å². The van der Waals surface area contributed by atoms with Gasteiger partial charge in [-0.2, -0.15) is 0 Å². The number of hydrogen-bond acceptors (Lipinski definition) is 4. The highest BCUT2D eigenvalue weighted by Gasteiger charge is 2.12. The van der Waals surface area contributed by atoms with Crippen LogP contribution >= 0.6 is 0 Å². The van der Waals surface area contributed by atoms with Crippen molar-refractivity contribution < 1.29 is 19.4 Å². The van der Waals surface area contributed by atoms with Gasteiger partial charge in [-0.3, -0.25) is 4.79 Å². The number of hydrogen-bond donors (Lipinski definition) is 1. The molecule has 21 heavy (non-hydrogen) atoms. The fourth-order valence-electron chi connectivity index (χ4n) is 2.19. The molecule has 4 nitrogen and oxygen atoms in total. The number of aliphatic hydroxyl groups is 1. The van der Waals surface area contributed by atoms with Crippen molar-refractivity contribution >= 4 is 13.7 Å². The van der Waals surface area contributed by atoms with Crippen LogP contribution in [0, 0.1) is 6.92 Å². The molecule has 1 rings (SSSR count). The van der Waals surface area contributed by atoms with Crippen molar-refractivity contribution in [2.45, 2.75) is 58.8 Å². The second-order valence-electron chi connectivity index (χ2n) is 5.31.